The molecule has 5 nitrogen and oxygen atoms in total. The Labute approximate surface area is 136 Å². The molecule has 6 fully saturated rings. The summed E-state index contributed by atoms with van der Waals surface area (Å²) < 4.78 is 0. The highest BCUT2D eigenvalue weighted by molar-refractivity contribution is 6.39. The number of nitrogens with zero attached hydrogens (tertiary/aromatic N) is 2. The summed E-state index contributed by atoms with van der Waals surface area (Å²) in [5.41, 5.74) is -0.890. The van der Waals surface area contributed by atoms with Crippen LogP contribution in [-0.4, -0.2) is 39.3 Å². The number of hydrogen-bond acceptors (Lipinski definition) is 4. The molecule has 5 heteroatoms. The Morgan fingerprint density at radius 3 is 2.48 bits per heavy atom. The minimum Gasteiger partial charge on any atom is -0.390 e. The number of aliphatic hydroxyl groups is 1. The lowest BCUT2D eigenvalue weighted by Gasteiger charge is -2.60. The van der Waals surface area contributed by atoms with Crippen LogP contribution < -0.4 is 0 Å². The Hall–Kier alpha value is -1.41. The highest BCUT2D eigenvalue weighted by Crippen LogP contribution is 2.62. The van der Waals surface area contributed by atoms with Crippen molar-refractivity contribution in [3.63, 3.8) is 0 Å². The Kier molecular flexibility index (Phi) is 2.53. The maximum Gasteiger partial charge on any atom is 0.269 e. The van der Waals surface area contributed by atoms with Crippen LogP contribution in [0.3, 0.4) is 0 Å². The largest absolute Gasteiger partial charge is 0.390 e. The van der Waals surface area contributed by atoms with Gasteiger partial charge in [-0.15, -0.1) is 0 Å². The molecule has 6 rings (SSSR count). The van der Waals surface area contributed by atoms with E-state index in [2.05, 4.69) is 6.07 Å². The van der Waals surface area contributed by atoms with Crippen LogP contribution in [-0.2, 0) is 4.79 Å². The van der Waals surface area contributed by atoms with Gasteiger partial charge in [0.25, 0.3) is 5.91 Å². The van der Waals surface area contributed by atoms with Crippen molar-refractivity contribution in [2.24, 2.45) is 23.2 Å². The van der Waals surface area contributed by atoms with Gasteiger partial charge in [0, 0.05) is 11.5 Å². The van der Waals surface area contributed by atoms with Crippen molar-refractivity contribution >= 4 is 11.6 Å². The lowest BCUT2D eigenvalue weighted by atomic mass is 9.46. The molecule has 1 amide bonds. The van der Waals surface area contributed by atoms with Crippen molar-refractivity contribution in [3.05, 3.63) is 0 Å². The van der Waals surface area contributed by atoms with Crippen molar-refractivity contribution in [1.82, 2.24) is 4.90 Å². The van der Waals surface area contributed by atoms with E-state index in [9.17, 15) is 15.2 Å². The molecule has 2 N–H and O–H groups in total. The normalized spacial score (nSPS) is 52.2. The fourth-order valence-corrected chi connectivity index (χ4v) is 6.73. The number of rotatable bonds is 2. The summed E-state index contributed by atoms with van der Waals surface area (Å²) in [7, 11) is 0. The lowest BCUT2D eigenvalue weighted by molar-refractivity contribution is -0.145. The first-order valence-electron chi connectivity index (χ1n) is 8.97. The van der Waals surface area contributed by atoms with Crippen molar-refractivity contribution in [1.29, 1.82) is 10.7 Å². The first-order chi connectivity index (χ1) is 10.9. The van der Waals surface area contributed by atoms with Crippen LogP contribution in [0.2, 0.25) is 0 Å². The monoisotopic (exact) mass is 313 g/mol. The number of fused-ring (bicyclic) bond motifs is 1. The molecule has 4 bridgehead atoms. The van der Waals surface area contributed by atoms with Crippen molar-refractivity contribution in [3.8, 4) is 6.07 Å². The smallest absolute Gasteiger partial charge is 0.269 e. The van der Waals surface area contributed by atoms with E-state index in [1.165, 1.54) is 0 Å². The van der Waals surface area contributed by atoms with Crippen LogP contribution in [0.5, 0.6) is 0 Å². The van der Waals surface area contributed by atoms with E-state index in [4.69, 9.17) is 5.41 Å². The molecule has 1 aliphatic heterocycles. The highest BCUT2D eigenvalue weighted by atomic mass is 16.3. The van der Waals surface area contributed by atoms with E-state index in [-0.39, 0.29) is 23.7 Å². The van der Waals surface area contributed by atoms with E-state index in [0.717, 1.165) is 44.9 Å². The first kappa shape index (κ1) is 14.0. The van der Waals surface area contributed by atoms with Gasteiger partial charge in [-0.1, -0.05) is 0 Å². The third-order valence-corrected chi connectivity index (χ3v) is 7.26. The van der Waals surface area contributed by atoms with Crippen molar-refractivity contribution in [2.45, 2.75) is 69.1 Å². The first-order valence-corrected chi connectivity index (χ1v) is 8.97. The van der Waals surface area contributed by atoms with Gasteiger partial charge in [-0.25, -0.2) is 0 Å². The number of nitriles is 1. The molecule has 23 heavy (non-hydrogen) atoms. The second kappa shape index (κ2) is 4.16. The maximum absolute atomic E-state index is 13.0. The number of likely N-dealkylation sites (tertiary alicyclic amines) is 1. The molecule has 0 aromatic rings. The molecule has 0 aromatic heterocycles. The fraction of sp³-hybridized carbons (Fsp3) is 0.833. The molecular weight excluding hydrogens is 290 g/mol. The average molecular weight is 313 g/mol. The van der Waals surface area contributed by atoms with E-state index in [1.807, 2.05) is 0 Å². The van der Waals surface area contributed by atoms with E-state index < -0.39 is 11.0 Å². The highest BCUT2D eigenvalue weighted by Gasteiger charge is 2.62. The number of carbonyl (C=O) groups excluding carboxylic acids is 1. The molecule has 6 aliphatic rings. The zero-order chi connectivity index (χ0) is 16.0. The van der Waals surface area contributed by atoms with E-state index in [0.29, 0.717) is 24.2 Å². The summed E-state index contributed by atoms with van der Waals surface area (Å²) >= 11 is 0. The predicted octanol–water partition coefficient (Wildman–Crippen LogP) is 1.85. The summed E-state index contributed by atoms with van der Waals surface area (Å²) in [6.07, 6.45) is 6.98. The van der Waals surface area contributed by atoms with Gasteiger partial charge < -0.3 is 10.0 Å². The molecule has 7 atom stereocenters. The Morgan fingerprint density at radius 1 is 1.17 bits per heavy atom. The van der Waals surface area contributed by atoms with Crippen LogP contribution in [0.15, 0.2) is 0 Å². The molecule has 122 valence electrons. The van der Waals surface area contributed by atoms with Gasteiger partial charge >= 0.3 is 0 Å². The third-order valence-electron chi connectivity index (χ3n) is 7.26. The molecule has 1 saturated heterocycles. The third kappa shape index (κ3) is 1.82. The minimum absolute atomic E-state index is 0.192. The Morgan fingerprint density at radius 2 is 1.87 bits per heavy atom. The summed E-state index contributed by atoms with van der Waals surface area (Å²) in [5, 5.41) is 28.9. The number of nitrogens with one attached hydrogen (secondary N) is 1. The van der Waals surface area contributed by atoms with Crippen LogP contribution in [0.1, 0.15) is 51.4 Å². The molecule has 0 spiro atoms. The molecule has 0 radical (unpaired) electrons. The van der Waals surface area contributed by atoms with Gasteiger partial charge in [-0.2, -0.15) is 5.26 Å². The molecular formula is C18H23N3O2. The van der Waals surface area contributed by atoms with Crippen LogP contribution in [0, 0.1) is 39.9 Å². The topological polar surface area (TPSA) is 88.2 Å². The SMILES string of the molecule is N#CC1CC2CC2N1C(=O)C(=N)C12CC3C[C@@H](CC(O)(C3)C1)C2. The van der Waals surface area contributed by atoms with Crippen molar-refractivity contribution < 1.29 is 9.90 Å². The van der Waals surface area contributed by atoms with Crippen LogP contribution in [0.25, 0.3) is 0 Å². The lowest BCUT2D eigenvalue weighted by Crippen LogP contribution is -2.60. The summed E-state index contributed by atoms with van der Waals surface area (Å²) in [6, 6.07) is 2.11. The maximum atomic E-state index is 13.0. The zero-order valence-corrected chi connectivity index (χ0v) is 13.3. The van der Waals surface area contributed by atoms with Gasteiger partial charge in [-0.3, -0.25) is 10.2 Å². The van der Waals surface area contributed by atoms with E-state index >= 15 is 0 Å². The fourth-order valence-electron chi connectivity index (χ4n) is 6.73. The Balaban J connectivity index is 1.44. The van der Waals surface area contributed by atoms with Gasteiger partial charge in [0.2, 0.25) is 0 Å². The van der Waals surface area contributed by atoms with Gasteiger partial charge in [0.1, 0.15) is 11.8 Å². The molecule has 6 unspecified atom stereocenters. The van der Waals surface area contributed by atoms with Gasteiger partial charge in [-0.05, 0) is 69.1 Å². The Bertz CT molecular complexity index is 637. The number of carbonyl (C=O) groups is 1. The zero-order valence-electron chi connectivity index (χ0n) is 13.3. The molecule has 5 aliphatic carbocycles. The number of amides is 1. The minimum atomic E-state index is -0.654. The summed E-state index contributed by atoms with van der Waals surface area (Å²) in [4.78, 5) is 14.7. The summed E-state index contributed by atoms with van der Waals surface area (Å²) in [6.45, 7) is 0. The van der Waals surface area contributed by atoms with E-state index in [1.54, 1.807) is 4.90 Å². The summed E-state index contributed by atoms with van der Waals surface area (Å²) in [5.74, 6) is 1.20. The second-order valence-electron chi connectivity index (χ2n) is 9.00. The number of piperidine rings is 1. The van der Waals surface area contributed by atoms with Crippen molar-refractivity contribution in [2.75, 3.05) is 0 Å². The number of hydrogen-bond donors (Lipinski definition) is 2. The quantitative estimate of drug-likeness (QED) is 0.763. The van der Waals surface area contributed by atoms with Gasteiger partial charge in [0.05, 0.1) is 11.7 Å². The molecule has 0 aromatic carbocycles. The molecule has 1 heterocycles. The standard InChI is InChI=1S/C18H23N3O2/c19-8-13-2-12-3-14(12)21(13)16(22)15(20)17-4-10-1-11(5-17)7-18(23,6-10)9-17/h10-14,20,23H,1-7,9H2/t10-,11?,12?,13?,14?,17?,18?/m1/s1. The van der Waals surface area contributed by atoms with Gasteiger partial charge in [0.15, 0.2) is 0 Å². The predicted molar refractivity (Wildman–Crippen MR) is 82.6 cm³/mol. The second-order valence-corrected chi connectivity index (χ2v) is 9.00. The average Bonchev–Trinajstić information content (AvgIpc) is 3.14. The van der Waals surface area contributed by atoms with Crippen LogP contribution in [0.4, 0.5) is 0 Å². The van der Waals surface area contributed by atoms with Crippen LogP contribution >= 0.6 is 0 Å². The molecule has 5 saturated carbocycles.